The molecule has 3 saturated heterocycles. The van der Waals surface area contributed by atoms with Crippen molar-refractivity contribution >= 4 is 35.3 Å². The van der Waals surface area contributed by atoms with Gasteiger partial charge >= 0.3 is 5.97 Å². The van der Waals surface area contributed by atoms with Crippen molar-refractivity contribution in [2.75, 3.05) is 33.2 Å². The Morgan fingerprint density at radius 2 is 2.12 bits per heavy atom. The topological polar surface area (TPSA) is 176 Å². The van der Waals surface area contributed by atoms with Gasteiger partial charge in [-0.15, -0.1) is 16.9 Å². The zero-order valence-corrected chi connectivity index (χ0v) is 23.9. The number of aliphatic carboxylic acids is 1. The summed E-state index contributed by atoms with van der Waals surface area (Å²) >= 11 is 1.47. The molecule has 0 bridgehead atoms. The van der Waals surface area contributed by atoms with Crippen molar-refractivity contribution < 1.29 is 24.3 Å². The number of hydrogen-bond donors (Lipinski definition) is 4. The minimum absolute atomic E-state index is 0.00320. The van der Waals surface area contributed by atoms with Crippen LogP contribution >= 0.6 is 11.8 Å². The number of likely N-dealkylation sites (N-methyl/N-ethyl adjacent to an activating group) is 1. The number of hydrogen-bond acceptors (Lipinski definition) is 10. The predicted octanol–water partition coefficient (Wildman–Crippen LogP) is -0.438. The van der Waals surface area contributed by atoms with Crippen LogP contribution < -0.4 is 16.4 Å². The number of carboxylic acids is 1. The fraction of sp³-hybridized carbons (Fsp3) is 0.692. The molecule has 0 aliphatic carbocycles. The summed E-state index contributed by atoms with van der Waals surface area (Å²) in [5.41, 5.74) is 6.41. The van der Waals surface area contributed by atoms with E-state index in [9.17, 15) is 24.3 Å². The number of nitrogens with zero attached hydrogens (tertiary/aromatic N) is 5. The third kappa shape index (κ3) is 5.17. The van der Waals surface area contributed by atoms with Gasteiger partial charge in [0.1, 0.15) is 11.5 Å². The Morgan fingerprint density at radius 3 is 2.80 bits per heavy atom. The Bertz CT molecular complexity index is 1220. The average molecular weight is 575 g/mol. The van der Waals surface area contributed by atoms with Gasteiger partial charge in [-0.2, -0.15) is 0 Å². The molecule has 5 rings (SSSR count). The average Bonchev–Trinajstić information content (AvgIpc) is 3.70. The maximum absolute atomic E-state index is 13.3. The molecular weight excluding hydrogens is 536 g/mol. The number of nitrogens with two attached hydrogens (primary N) is 1. The number of nitrogens with one attached hydrogen (secondary N) is 2. The van der Waals surface area contributed by atoms with Crippen LogP contribution in [0.3, 0.4) is 0 Å². The van der Waals surface area contributed by atoms with E-state index in [2.05, 4.69) is 20.9 Å². The second-order valence-corrected chi connectivity index (χ2v) is 12.7. The van der Waals surface area contributed by atoms with Crippen LogP contribution in [0.4, 0.5) is 0 Å². The molecule has 1 aromatic rings. The van der Waals surface area contributed by atoms with Crippen LogP contribution in [-0.4, -0.2) is 104 Å². The smallest absolute Gasteiger partial charge is 0.353 e. The maximum Gasteiger partial charge on any atom is 0.353 e. The Hall–Kier alpha value is -2.81. The van der Waals surface area contributed by atoms with Gasteiger partial charge < -0.3 is 31.3 Å². The maximum atomic E-state index is 13.3. The minimum Gasteiger partial charge on any atom is -0.477 e. The summed E-state index contributed by atoms with van der Waals surface area (Å²) in [5, 5.41) is 24.4. The van der Waals surface area contributed by atoms with Crippen LogP contribution in [0, 0.1) is 17.8 Å². The third-order valence-electron chi connectivity index (χ3n) is 8.63. The van der Waals surface area contributed by atoms with Crippen molar-refractivity contribution in [2.24, 2.45) is 23.5 Å². The van der Waals surface area contributed by atoms with Gasteiger partial charge in [-0.3, -0.25) is 14.4 Å². The number of carbonyl (C=O) groups excluding carboxylic acids is 3. The first-order chi connectivity index (χ1) is 19.1. The number of carboxylic acid groups (broad SMARTS) is 1. The zero-order chi connectivity index (χ0) is 28.7. The standard InChI is InChI=1S/C26H38N8O5S/c1-13(6-17(35)9-28-3)20-21-14(2)23(22(26(38)39)34(21)25(20)37)40-18-7-19(29-10-18)24(36)32-5-4-16(12-32)33-11-15(8-27)30-31-33/h11,13-14,16,18-21,28-29H,4-10,12,27H2,1-3H3,(H,38,39)/t13-,14+,16-,18-,19-,20+,21-/m0/s1. The SMILES string of the molecule is CNCC(=O)C[C@H](C)[C@H]1C(=O)N2C(C(=O)O)=C(S[C@@H]3CN[C@H](C(=O)N4CC[C@H](n5cc(CN)nn5)C4)C3)[C@H](C)[C@@H]12. The molecule has 4 aliphatic rings. The number of ketones is 1. The Morgan fingerprint density at radius 1 is 1.35 bits per heavy atom. The van der Waals surface area contributed by atoms with E-state index < -0.39 is 5.97 Å². The molecule has 5 heterocycles. The molecule has 14 heteroatoms. The highest BCUT2D eigenvalue weighted by Crippen LogP contribution is 2.53. The van der Waals surface area contributed by atoms with Crippen LogP contribution in [0.2, 0.25) is 0 Å². The van der Waals surface area contributed by atoms with E-state index in [0.29, 0.717) is 43.2 Å². The number of aromatic nitrogens is 3. The van der Waals surface area contributed by atoms with Gasteiger partial charge in [0.2, 0.25) is 11.8 Å². The molecule has 0 radical (unpaired) electrons. The third-order valence-corrected chi connectivity index (χ3v) is 10.1. The molecule has 1 aromatic heterocycles. The molecule has 3 fully saturated rings. The van der Waals surface area contributed by atoms with Crippen molar-refractivity contribution in [3.63, 3.8) is 0 Å². The Balaban J connectivity index is 1.21. The highest BCUT2D eigenvalue weighted by atomic mass is 32.2. The van der Waals surface area contributed by atoms with E-state index in [1.54, 1.807) is 11.7 Å². The van der Waals surface area contributed by atoms with Gasteiger partial charge in [0, 0.05) is 48.7 Å². The van der Waals surface area contributed by atoms with E-state index in [1.165, 1.54) is 16.7 Å². The van der Waals surface area contributed by atoms with E-state index in [0.717, 1.165) is 6.42 Å². The molecule has 0 unspecified atom stereocenters. The highest BCUT2D eigenvalue weighted by Gasteiger charge is 2.60. The summed E-state index contributed by atoms with van der Waals surface area (Å²) in [5.74, 6) is -1.97. The summed E-state index contributed by atoms with van der Waals surface area (Å²) < 4.78 is 1.78. The lowest BCUT2D eigenvalue weighted by Gasteiger charge is -2.47. The number of β-lactam (4-membered cyclic amide) rings is 1. The first-order valence-corrected chi connectivity index (χ1v) is 14.8. The first-order valence-electron chi connectivity index (χ1n) is 13.9. The van der Waals surface area contributed by atoms with Crippen molar-refractivity contribution in [1.29, 1.82) is 0 Å². The van der Waals surface area contributed by atoms with Gasteiger partial charge in [0.05, 0.1) is 42.5 Å². The number of Topliss-reactive ketones (excluding diaryl/α,β-unsaturated/α-hetero) is 1. The van der Waals surface area contributed by atoms with E-state index >= 15 is 0 Å². The van der Waals surface area contributed by atoms with Crippen molar-refractivity contribution in [3.05, 3.63) is 22.5 Å². The second kappa shape index (κ2) is 11.6. The molecule has 0 spiro atoms. The number of carbonyl (C=O) groups is 4. The molecular formula is C26H38N8O5S. The van der Waals surface area contributed by atoms with E-state index in [1.807, 2.05) is 24.9 Å². The fourth-order valence-corrected chi connectivity index (χ4v) is 8.13. The molecule has 7 atom stereocenters. The zero-order valence-electron chi connectivity index (χ0n) is 23.1. The molecule has 40 heavy (non-hydrogen) atoms. The summed E-state index contributed by atoms with van der Waals surface area (Å²) in [6, 6.07) is -0.540. The largest absolute Gasteiger partial charge is 0.477 e. The number of rotatable bonds is 11. The normalized spacial score (nSPS) is 30.6. The summed E-state index contributed by atoms with van der Waals surface area (Å²) in [6.07, 6.45) is 3.47. The summed E-state index contributed by atoms with van der Waals surface area (Å²) in [6.45, 7) is 6.19. The van der Waals surface area contributed by atoms with Crippen LogP contribution in [0.1, 0.15) is 44.8 Å². The lowest BCUT2D eigenvalue weighted by atomic mass is 9.73. The Labute approximate surface area is 237 Å². The van der Waals surface area contributed by atoms with Crippen molar-refractivity contribution in [2.45, 2.75) is 63.0 Å². The molecule has 4 aliphatic heterocycles. The van der Waals surface area contributed by atoms with Crippen LogP contribution in [0.25, 0.3) is 0 Å². The van der Waals surface area contributed by atoms with Crippen LogP contribution in [-0.2, 0) is 25.7 Å². The van der Waals surface area contributed by atoms with Crippen LogP contribution in [0.5, 0.6) is 0 Å². The van der Waals surface area contributed by atoms with Crippen LogP contribution in [0.15, 0.2) is 16.8 Å². The minimum atomic E-state index is -1.12. The Kier molecular flexibility index (Phi) is 8.32. The molecule has 13 nitrogen and oxygen atoms in total. The molecule has 2 amide bonds. The lowest BCUT2D eigenvalue weighted by Crippen LogP contribution is -2.62. The highest BCUT2D eigenvalue weighted by molar-refractivity contribution is 8.03. The second-order valence-electron chi connectivity index (χ2n) is 11.3. The van der Waals surface area contributed by atoms with E-state index in [4.69, 9.17) is 5.73 Å². The van der Waals surface area contributed by atoms with Gasteiger partial charge in [-0.1, -0.05) is 19.1 Å². The van der Waals surface area contributed by atoms with Gasteiger partial charge in [0.25, 0.3) is 0 Å². The lowest BCUT2D eigenvalue weighted by molar-refractivity contribution is -0.160. The van der Waals surface area contributed by atoms with Gasteiger partial charge in [-0.25, -0.2) is 9.48 Å². The van der Waals surface area contributed by atoms with Crippen molar-refractivity contribution in [3.8, 4) is 0 Å². The molecule has 0 aromatic carbocycles. The number of thioether (sulfide) groups is 1. The molecule has 0 saturated carbocycles. The van der Waals surface area contributed by atoms with Gasteiger partial charge in [0.15, 0.2) is 0 Å². The fourth-order valence-electron chi connectivity index (χ4n) is 6.65. The quantitative estimate of drug-likeness (QED) is 0.252. The predicted molar refractivity (Wildman–Crippen MR) is 147 cm³/mol. The number of fused-ring (bicyclic) bond motifs is 1. The van der Waals surface area contributed by atoms with E-state index in [-0.39, 0.29) is 77.4 Å². The number of likely N-dealkylation sites (tertiary alicyclic amines) is 1. The van der Waals surface area contributed by atoms with Gasteiger partial charge in [-0.05, 0) is 25.8 Å². The number of amides is 2. The monoisotopic (exact) mass is 574 g/mol. The van der Waals surface area contributed by atoms with Crippen molar-refractivity contribution in [1.82, 2.24) is 35.4 Å². The summed E-state index contributed by atoms with van der Waals surface area (Å²) in [4.78, 5) is 54.9. The molecule has 218 valence electrons. The molecule has 5 N–H and O–H groups in total. The first kappa shape index (κ1) is 28.7. The summed E-state index contributed by atoms with van der Waals surface area (Å²) in [7, 11) is 1.71.